The molecule has 3 aromatic rings. The lowest BCUT2D eigenvalue weighted by Crippen LogP contribution is -2.13. The van der Waals surface area contributed by atoms with Crippen molar-refractivity contribution in [2.75, 3.05) is 5.32 Å². The van der Waals surface area contributed by atoms with E-state index in [1.165, 1.54) is 18.2 Å². The number of non-ortho nitro benzene ring substituents is 1. The number of nitriles is 1. The Labute approximate surface area is 183 Å². The van der Waals surface area contributed by atoms with Crippen LogP contribution in [0.2, 0.25) is 5.02 Å². The number of ether oxygens (including phenoxy) is 1. The highest BCUT2D eigenvalue weighted by molar-refractivity contribution is 6.30. The summed E-state index contributed by atoms with van der Waals surface area (Å²) in [6, 6.07) is 21.4. The van der Waals surface area contributed by atoms with Crippen LogP contribution in [0.1, 0.15) is 11.1 Å². The maximum atomic E-state index is 12.4. The molecule has 3 rings (SSSR count). The molecule has 0 radical (unpaired) electrons. The number of nitrogens with zero attached hydrogens (tertiary/aromatic N) is 2. The minimum Gasteiger partial charge on any atom is -0.489 e. The van der Waals surface area contributed by atoms with Crippen molar-refractivity contribution in [2.45, 2.75) is 6.61 Å². The summed E-state index contributed by atoms with van der Waals surface area (Å²) in [7, 11) is 0. The van der Waals surface area contributed by atoms with E-state index in [2.05, 4.69) is 5.32 Å². The normalized spacial score (nSPS) is 10.8. The van der Waals surface area contributed by atoms with Crippen LogP contribution in [-0.4, -0.2) is 10.8 Å². The van der Waals surface area contributed by atoms with Crippen LogP contribution in [0.5, 0.6) is 5.75 Å². The average Bonchev–Trinajstić information content (AvgIpc) is 2.78. The molecule has 0 saturated heterocycles. The fourth-order valence-corrected chi connectivity index (χ4v) is 2.75. The number of anilines is 1. The molecule has 1 amide bonds. The zero-order valence-corrected chi connectivity index (χ0v) is 16.9. The van der Waals surface area contributed by atoms with E-state index in [0.29, 0.717) is 22.0 Å². The number of nitro benzene ring substituents is 1. The van der Waals surface area contributed by atoms with Crippen LogP contribution in [0, 0.1) is 21.4 Å². The molecule has 0 bridgehead atoms. The van der Waals surface area contributed by atoms with Gasteiger partial charge in [0.25, 0.3) is 11.6 Å². The number of hydrogen-bond donors (Lipinski definition) is 1. The molecular weight excluding hydrogens is 418 g/mol. The monoisotopic (exact) mass is 433 g/mol. The molecule has 3 aromatic carbocycles. The van der Waals surface area contributed by atoms with Gasteiger partial charge in [-0.15, -0.1) is 0 Å². The van der Waals surface area contributed by atoms with E-state index < -0.39 is 10.8 Å². The maximum Gasteiger partial charge on any atom is 0.269 e. The molecule has 0 atom stereocenters. The fourth-order valence-electron chi connectivity index (χ4n) is 2.62. The van der Waals surface area contributed by atoms with Crippen molar-refractivity contribution in [1.29, 1.82) is 5.26 Å². The van der Waals surface area contributed by atoms with Gasteiger partial charge in [-0.05, 0) is 65.7 Å². The van der Waals surface area contributed by atoms with Crippen LogP contribution >= 0.6 is 11.6 Å². The summed E-state index contributed by atoms with van der Waals surface area (Å²) in [6.07, 6.45) is 1.46. The van der Waals surface area contributed by atoms with Gasteiger partial charge in [0.05, 0.1) is 4.92 Å². The van der Waals surface area contributed by atoms with Crippen LogP contribution in [0.3, 0.4) is 0 Å². The first-order chi connectivity index (χ1) is 14.9. The first kappa shape index (κ1) is 21.6. The van der Waals surface area contributed by atoms with Gasteiger partial charge < -0.3 is 10.1 Å². The largest absolute Gasteiger partial charge is 0.489 e. The molecule has 0 aromatic heterocycles. The van der Waals surface area contributed by atoms with E-state index in [1.54, 1.807) is 60.7 Å². The molecule has 0 saturated carbocycles. The second-order valence-corrected chi connectivity index (χ2v) is 6.85. The number of rotatable bonds is 7. The SMILES string of the molecule is N#C/C(=C/c1cccc(OCc2ccc([N+](=O)[O-])cc2)c1)C(=O)Nc1ccc(Cl)cc1. The molecule has 0 spiro atoms. The molecule has 8 heteroatoms. The summed E-state index contributed by atoms with van der Waals surface area (Å²) >= 11 is 5.83. The summed E-state index contributed by atoms with van der Waals surface area (Å²) in [5, 5.41) is 23.3. The molecular formula is C23H16ClN3O4. The average molecular weight is 434 g/mol. The van der Waals surface area contributed by atoms with E-state index in [0.717, 1.165) is 5.56 Å². The molecule has 31 heavy (non-hydrogen) atoms. The van der Waals surface area contributed by atoms with E-state index in [9.17, 15) is 20.2 Å². The summed E-state index contributed by atoms with van der Waals surface area (Å²) in [5.74, 6) is -0.00970. The molecule has 7 nitrogen and oxygen atoms in total. The lowest BCUT2D eigenvalue weighted by atomic mass is 10.1. The number of carbonyl (C=O) groups is 1. The number of amides is 1. The van der Waals surface area contributed by atoms with Crippen molar-refractivity contribution in [3.05, 3.63) is 105 Å². The maximum absolute atomic E-state index is 12.4. The van der Waals surface area contributed by atoms with Gasteiger partial charge in [0.2, 0.25) is 0 Å². The topological polar surface area (TPSA) is 105 Å². The van der Waals surface area contributed by atoms with Crippen molar-refractivity contribution in [1.82, 2.24) is 0 Å². The predicted octanol–water partition coefficient (Wildman–Crippen LogP) is 5.37. The lowest BCUT2D eigenvalue weighted by molar-refractivity contribution is -0.384. The van der Waals surface area contributed by atoms with Crippen LogP contribution in [0.15, 0.2) is 78.4 Å². The fraction of sp³-hybridized carbons (Fsp3) is 0.0435. The summed E-state index contributed by atoms with van der Waals surface area (Å²) < 4.78 is 5.72. The molecule has 0 fully saturated rings. The molecule has 0 unspecified atom stereocenters. The number of hydrogen-bond acceptors (Lipinski definition) is 5. The Bertz CT molecular complexity index is 1170. The van der Waals surface area contributed by atoms with Crippen molar-refractivity contribution < 1.29 is 14.5 Å². The quantitative estimate of drug-likeness (QED) is 0.233. The van der Waals surface area contributed by atoms with Gasteiger partial charge in [-0.3, -0.25) is 14.9 Å². The predicted molar refractivity (Wildman–Crippen MR) is 118 cm³/mol. The third-order valence-electron chi connectivity index (χ3n) is 4.19. The van der Waals surface area contributed by atoms with E-state index in [-0.39, 0.29) is 17.9 Å². The van der Waals surface area contributed by atoms with Gasteiger partial charge in [-0.25, -0.2) is 0 Å². The number of nitro groups is 1. The van der Waals surface area contributed by atoms with Gasteiger partial charge in [-0.2, -0.15) is 5.26 Å². The van der Waals surface area contributed by atoms with Gasteiger partial charge in [0.1, 0.15) is 24.0 Å². The van der Waals surface area contributed by atoms with Crippen molar-refractivity contribution in [3.63, 3.8) is 0 Å². The second-order valence-electron chi connectivity index (χ2n) is 6.42. The molecule has 1 N–H and O–H groups in total. The van der Waals surface area contributed by atoms with Crippen molar-refractivity contribution >= 4 is 35.0 Å². The minimum absolute atomic E-state index is 0.0109. The highest BCUT2D eigenvalue weighted by Gasteiger charge is 2.10. The van der Waals surface area contributed by atoms with Gasteiger partial charge in [0, 0.05) is 22.8 Å². The van der Waals surface area contributed by atoms with Gasteiger partial charge in [-0.1, -0.05) is 23.7 Å². The van der Waals surface area contributed by atoms with Gasteiger partial charge in [0.15, 0.2) is 0 Å². The Hall–Kier alpha value is -4.15. The summed E-state index contributed by atoms with van der Waals surface area (Å²) in [4.78, 5) is 22.6. The van der Waals surface area contributed by atoms with Crippen LogP contribution < -0.4 is 10.1 Å². The Morgan fingerprint density at radius 1 is 1.13 bits per heavy atom. The Balaban J connectivity index is 1.68. The molecule has 0 aliphatic rings. The highest BCUT2D eigenvalue weighted by Crippen LogP contribution is 2.20. The van der Waals surface area contributed by atoms with E-state index >= 15 is 0 Å². The number of carbonyl (C=O) groups excluding carboxylic acids is 1. The first-order valence-corrected chi connectivity index (χ1v) is 9.47. The first-order valence-electron chi connectivity index (χ1n) is 9.09. The molecule has 154 valence electrons. The van der Waals surface area contributed by atoms with Crippen LogP contribution in [-0.2, 0) is 11.4 Å². The second kappa shape index (κ2) is 10.1. The van der Waals surface area contributed by atoms with E-state index in [4.69, 9.17) is 16.3 Å². The molecule has 0 aliphatic heterocycles. The van der Waals surface area contributed by atoms with Crippen LogP contribution in [0.25, 0.3) is 6.08 Å². The van der Waals surface area contributed by atoms with E-state index in [1.807, 2.05) is 6.07 Å². The zero-order chi connectivity index (χ0) is 22.2. The Morgan fingerprint density at radius 3 is 2.48 bits per heavy atom. The highest BCUT2D eigenvalue weighted by atomic mass is 35.5. The number of benzene rings is 3. The number of halogens is 1. The van der Waals surface area contributed by atoms with Crippen molar-refractivity contribution in [2.24, 2.45) is 0 Å². The molecule has 0 aliphatic carbocycles. The third kappa shape index (κ3) is 6.16. The summed E-state index contributed by atoms with van der Waals surface area (Å²) in [6.45, 7) is 0.216. The standard InChI is InChI=1S/C23H16ClN3O4/c24-19-6-8-20(9-7-19)26-23(28)18(14-25)12-17-2-1-3-22(13-17)31-15-16-4-10-21(11-5-16)27(29)30/h1-13H,15H2,(H,26,28)/b18-12-. The number of nitrogens with one attached hydrogen (secondary N) is 1. The van der Waals surface area contributed by atoms with Crippen LogP contribution in [0.4, 0.5) is 11.4 Å². The Morgan fingerprint density at radius 2 is 1.84 bits per heavy atom. The molecule has 0 heterocycles. The zero-order valence-electron chi connectivity index (χ0n) is 16.1. The third-order valence-corrected chi connectivity index (χ3v) is 4.44. The lowest BCUT2D eigenvalue weighted by Gasteiger charge is -2.08. The Kier molecular flexibility index (Phi) is 6.99. The van der Waals surface area contributed by atoms with Crippen molar-refractivity contribution in [3.8, 4) is 11.8 Å². The summed E-state index contributed by atoms with van der Waals surface area (Å²) in [5.41, 5.74) is 1.85. The smallest absolute Gasteiger partial charge is 0.269 e. The van der Waals surface area contributed by atoms with Gasteiger partial charge >= 0.3 is 0 Å². The minimum atomic E-state index is -0.540.